The smallest absolute Gasteiger partial charge is 0.332 e. The first kappa shape index (κ1) is 14.0. The first-order valence-corrected chi connectivity index (χ1v) is 8.29. The summed E-state index contributed by atoms with van der Waals surface area (Å²) in [6.07, 6.45) is 8.27. The number of carbonyl (C=O) groups is 1. The minimum atomic E-state index is -0.989. The van der Waals surface area contributed by atoms with Crippen LogP contribution in [0.15, 0.2) is 48.8 Å². The van der Waals surface area contributed by atoms with Crippen LogP contribution >= 0.6 is 0 Å². The van der Waals surface area contributed by atoms with Crippen LogP contribution in [0.1, 0.15) is 12.0 Å². The van der Waals surface area contributed by atoms with Crippen molar-refractivity contribution >= 4 is 5.97 Å². The standard InChI is InChI=1S/C19H18N2O3/c1-11-3-2-4-12(7-11)13-9-20-21(10-13)19(18(22)23)8-14-15-5-6-16(24-15)17(14)19/h2-7,9-10,14-17H,8H2,1H3,(H,22,23)/t14-,15-,16+,17-,19?/m0/s1. The summed E-state index contributed by atoms with van der Waals surface area (Å²) in [4.78, 5) is 12.2. The summed E-state index contributed by atoms with van der Waals surface area (Å²) in [7, 11) is 0. The molecule has 0 amide bonds. The Kier molecular flexibility index (Phi) is 2.66. The highest BCUT2D eigenvalue weighted by Gasteiger charge is 2.69. The highest BCUT2D eigenvalue weighted by atomic mass is 16.5. The van der Waals surface area contributed by atoms with E-state index >= 15 is 0 Å². The monoisotopic (exact) mass is 322 g/mol. The average Bonchev–Trinajstić information content (AvgIpc) is 3.21. The molecule has 1 saturated carbocycles. The van der Waals surface area contributed by atoms with E-state index in [1.807, 2.05) is 37.4 Å². The van der Waals surface area contributed by atoms with E-state index < -0.39 is 11.5 Å². The predicted molar refractivity (Wildman–Crippen MR) is 87.4 cm³/mol. The molecular weight excluding hydrogens is 304 g/mol. The Morgan fingerprint density at radius 3 is 2.92 bits per heavy atom. The fraction of sp³-hybridized carbons (Fsp3) is 0.368. The Hall–Kier alpha value is -2.40. The lowest BCUT2D eigenvalue weighted by atomic mass is 9.55. The van der Waals surface area contributed by atoms with Gasteiger partial charge in [0.25, 0.3) is 0 Å². The summed E-state index contributed by atoms with van der Waals surface area (Å²) in [5.41, 5.74) is 2.18. The predicted octanol–water partition coefficient (Wildman–Crippen LogP) is 2.61. The van der Waals surface area contributed by atoms with E-state index in [9.17, 15) is 9.90 Å². The van der Waals surface area contributed by atoms with Crippen LogP contribution in [0.4, 0.5) is 0 Å². The summed E-state index contributed by atoms with van der Waals surface area (Å²) < 4.78 is 7.54. The molecule has 1 aliphatic carbocycles. The number of hydrogen-bond acceptors (Lipinski definition) is 3. The zero-order valence-electron chi connectivity index (χ0n) is 13.3. The maximum atomic E-state index is 12.2. The van der Waals surface area contributed by atoms with Crippen molar-refractivity contribution in [2.75, 3.05) is 0 Å². The zero-order chi connectivity index (χ0) is 16.5. The molecule has 24 heavy (non-hydrogen) atoms. The van der Waals surface area contributed by atoms with Gasteiger partial charge in [0.2, 0.25) is 0 Å². The molecule has 0 radical (unpaired) electrons. The van der Waals surface area contributed by atoms with Crippen molar-refractivity contribution in [3.8, 4) is 11.1 Å². The van der Waals surface area contributed by atoms with Gasteiger partial charge < -0.3 is 9.84 Å². The number of aliphatic carboxylic acids is 1. The molecule has 122 valence electrons. The molecular formula is C19H18N2O3. The van der Waals surface area contributed by atoms with Gasteiger partial charge in [-0.25, -0.2) is 4.79 Å². The third-order valence-corrected chi connectivity index (χ3v) is 5.85. The van der Waals surface area contributed by atoms with E-state index in [0.29, 0.717) is 12.3 Å². The Labute approximate surface area is 139 Å². The van der Waals surface area contributed by atoms with E-state index in [1.165, 1.54) is 5.56 Å². The van der Waals surface area contributed by atoms with Gasteiger partial charge in [0.05, 0.1) is 18.4 Å². The molecule has 3 aliphatic rings. The summed E-state index contributed by atoms with van der Waals surface area (Å²) in [6.45, 7) is 2.04. The highest BCUT2D eigenvalue weighted by molar-refractivity contribution is 5.80. The average molecular weight is 322 g/mol. The molecule has 2 aromatic rings. The van der Waals surface area contributed by atoms with E-state index in [4.69, 9.17) is 4.74 Å². The fourth-order valence-corrected chi connectivity index (χ4v) is 4.68. The third kappa shape index (κ3) is 1.62. The molecule has 2 aliphatic heterocycles. The molecule has 5 rings (SSSR count). The van der Waals surface area contributed by atoms with Crippen molar-refractivity contribution in [2.24, 2.45) is 11.8 Å². The van der Waals surface area contributed by atoms with Gasteiger partial charge in [0, 0.05) is 23.6 Å². The van der Waals surface area contributed by atoms with Crippen molar-refractivity contribution in [3.05, 3.63) is 54.4 Å². The van der Waals surface area contributed by atoms with E-state index in [1.54, 1.807) is 10.9 Å². The Bertz CT molecular complexity index is 871. The van der Waals surface area contributed by atoms with Crippen molar-refractivity contribution in [2.45, 2.75) is 31.1 Å². The topological polar surface area (TPSA) is 64.4 Å². The lowest BCUT2D eigenvalue weighted by Crippen LogP contribution is -2.63. The second-order valence-corrected chi connectivity index (χ2v) is 7.12. The second-order valence-electron chi connectivity index (χ2n) is 7.12. The van der Waals surface area contributed by atoms with E-state index in [2.05, 4.69) is 17.2 Å². The van der Waals surface area contributed by atoms with Crippen molar-refractivity contribution in [1.29, 1.82) is 0 Å². The van der Waals surface area contributed by atoms with Crippen LogP contribution in [0, 0.1) is 18.8 Å². The molecule has 3 heterocycles. The van der Waals surface area contributed by atoms with E-state index in [-0.39, 0.29) is 18.1 Å². The second kappa shape index (κ2) is 4.57. The molecule has 1 aromatic heterocycles. The maximum absolute atomic E-state index is 12.2. The molecule has 2 bridgehead atoms. The molecule has 1 aromatic carbocycles. The van der Waals surface area contributed by atoms with Crippen LogP contribution in [0.25, 0.3) is 11.1 Å². The van der Waals surface area contributed by atoms with Crippen molar-refractivity contribution in [1.82, 2.24) is 9.78 Å². The van der Waals surface area contributed by atoms with Crippen molar-refractivity contribution in [3.63, 3.8) is 0 Å². The highest BCUT2D eigenvalue weighted by Crippen LogP contribution is 2.60. The number of aryl methyl sites for hydroxylation is 1. The molecule has 1 saturated heterocycles. The Morgan fingerprint density at radius 1 is 1.33 bits per heavy atom. The van der Waals surface area contributed by atoms with Gasteiger partial charge in [-0.2, -0.15) is 5.10 Å². The number of carboxylic acid groups (broad SMARTS) is 1. The maximum Gasteiger partial charge on any atom is 0.332 e. The molecule has 2 fully saturated rings. The number of nitrogens with zero attached hydrogens (tertiary/aromatic N) is 2. The zero-order valence-corrected chi connectivity index (χ0v) is 13.3. The number of carboxylic acids is 1. The molecule has 1 N–H and O–H groups in total. The van der Waals surface area contributed by atoms with Gasteiger partial charge in [0.15, 0.2) is 5.54 Å². The van der Waals surface area contributed by atoms with Crippen LogP contribution < -0.4 is 0 Å². The lowest BCUT2D eigenvalue weighted by Gasteiger charge is -2.51. The van der Waals surface area contributed by atoms with Crippen molar-refractivity contribution < 1.29 is 14.6 Å². The van der Waals surface area contributed by atoms with Crippen LogP contribution in [0.3, 0.4) is 0 Å². The first-order chi connectivity index (χ1) is 11.6. The molecule has 1 unspecified atom stereocenters. The quantitative estimate of drug-likeness (QED) is 0.882. The first-order valence-electron chi connectivity index (χ1n) is 8.29. The van der Waals surface area contributed by atoms with Gasteiger partial charge in [-0.05, 0) is 18.9 Å². The Morgan fingerprint density at radius 2 is 2.17 bits per heavy atom. The lowest BCUT2D eigenvalue weighted by molar-refractivity contribution is -0.165. The SMILES string of the molecule is Cc1cccc(-c2cnn(C3(C(=O)O)C[C@@H]4[C@H]3[C@H]3C=C[C@@H]4O3)c2)c1. The number of ether oxygens (including phenoxy) is 1. The molecule has 5 heteroatoms. The van der Waals surface area contributed by atoms with Gasteiger partial charge >= 0.3 is 5.97 Å². The van der Waals surface area contributed by atoms with Gasteiger partial charge in [-0.15, -0.1) is 0 Å². The molecule has 0 spiro atoms. The third-order valence-electron chi connectivity index (χ3n) is 5.85. The largest absolute Gasteiger partial charge is 0.479 e. The van der Waals surface area contributed by atoms with Crippen LogP contribution in [0.5, 0.6) is 0 Å². The number of hydrogen-bond donors (Lipinski definition) is 1. The summed E-state index contributed by atoms with van der Waals surface area (Å²) >= 11 is 0. The summed E-state index contributed by atoms with van der Waals surface area (Å²) in [6, 6.07) is 8.15. The number of aromatic nitrogens is 2. The van der Waals surface area contributed by atoms with Crippen LogP contribution in [-0.2, 0) is 15.1 Å². The fourth-order valence-electron chi connectivity index (χ4n) is 4.68. The van der Waals surface area contributed by atoms with Crippen LogP contribution in [-0.4, -0.2) is 33.1 Å². The molecule has 5 atom stereocenters. The Balaban J connectivity index is 1.55. The number of rotatable bonds is 3. The minimum absolute atomic E-state index is 0.0322. The van der Waals surface area contributed by atoms with Gasteiger partial charge in [0.1, 0.15) is 0 Å². The van der Waals surface area contributed by atoms with E-state index in [0.717, 1.165) is 11.1 Å². The van der Waals surface area contributed by atoms with Crippen LogP contribution in [0.2, 0.25) is 0 Å². The minimum Gasteiger partial charge on any atom is -0.479 e. The summed E-state index contributed by atoms with van der Waals surface area (Å²) in [5, 5.41) is 14.4. The normalized spacial score (nSPS) is 35.7. The summed E-state index contributed by atoms with van der Waals surface area (Å²) in [5.74, 6) is -0.551. The number of fused-ring (bicyclic) bond motifs is 5. The van der Waals surface area contributed by atoms with Gasteiger partial charge in [-0.1, -0.05) is 42.0 Å². The van der Waals surface area contributed by atoms with Gasteiger partial charge in [-0.3, -0.25) is 4.68 Å². The molecule has 5 nitrogen and oxygen atoms in total. The number of benzene rings is 1.